The summed E-state index contributed by atoms with van der Waals surface area (Å²) >= 11 is 0. The van der Waals surface area contributed by atoms with E-state index in [9.17, 15) is 0 Å². The molecule has 0 aromatic heterocycles. The van der Waals surface area contributed by atoms with E-state index < -0.39 is 0 Å². The lowest BCUT2D eigenvalue weighted by Crippen LogP contribution is -2.22. The van der Waals surface area contributed by atoms with E-state index in [0.717, 1.165) is 49.0 Å². The van der Waals surface area contributed by atoms with Gasteiger partial charge in [0.05, 0.1) is 0 Å². The van der Waals surface area contributed by atoms with Gasteiger partial charge in [0.15, 0.2) is 0 Å². The Kier molecular flexibility index (Phi) is 8.45. The summed E-state index contributed by atoms with van der Waals surface area (Å²) in [5.41, 5.74) is 6.32. The number of hydrogen-bond acceptors (Lipinski definition) is 0. The molecular weight excluding hydrogens is 439 g/mol. The Morgan fingerprint density at radius 1 is 0.806 bits per heavy atom. The first-order valence-electron chi connectivity index (χ1n) is 14.8. The Hall–Kier alpha value is -2.15. The van der Waals surface area contributed by atoms with Crippen LogP contribution in [0.3, 0.4) is 0 Å². The Bertz CT molecular complexity index is 1030. The summed E-state index contributed by atoms with van der Waals surface area (Å²) in [6, 6.07) is 15.6. The maximum Gasteiger partial charge on any atom is 0.130 e. The fraction of sp³-hybridized carbons (Fsp3) is 0.543. The van der Waals surface area contributed by atoms with Crippen LogP contribution < -0.4 is 0 Å². The van der Waals surface area contributed by atoms with E-state index in [1.807, 2.05) is 6.07 Å². The summed E-state index contributed by atoms with van der Waals surface area (Å²) in [5, 5.41) is 0. The molecule has 3 aliphatic carbocycles. The number of benzene rings is 2. The summed E-state index contributed by atoms with van der Waals surface area (Å²) in [5.74, 6) is 3.52. The third kappa shape index (κ3) is 5.87. The van der Waals surface area contributed by atoms with Gasteiger partial charge in [0.25, 0.3) is 0 Å². The van der Waals surface area contributed by atoms with Gasteiger partial charge < -0.3 is 0 Å². The zero-order valence-electron chi connectivity index (χ0n) is 22.4. The normalized spacial score (nSPS) is 28.9. The van der Waals surface area contributed by atoms with E-state index in [0.29, 0.717) is 11.8 Å². The molecule has 5 rings (SSSR count). The lowest BCUT2D eigenvalue weighted by Gasteiger charge is -2.36. The molecule has 2 saturated carbocycles. The topological polar surface area (TPSA) is 0 Å². The van der Waals surface area contributed by atoms with Gasteiger partial charge in [-0.1, -0.05) is 61.9 Å². The van der Waals surface area contributed by atoms with Crippen LogP contribution in [0.1, 0.15) is 118 Å². The molecule has 0 spiro atoms. The quantitative estimate of drug-likeness (QED) is 0.343. The third-order valence-corrected chi connectivity index (χ3v) is 9.80. The van der Waals surface area contributed by atoms with Gasteiger partial charge in [-0.2, -0.15) is 0 Å². The molecule has 2 aromatic carbocycles. The van der Waals surface area contributed by atoms with Crippen molar-refractivity contribution in [2.24, 2.45) is 17.8 Å². The van der Waals surface area contributed by atoms with E-state index in [2.05, 4.69) is 62.1 Å². The highest BCUT2D eigenvalue weighted by Gasteiger charge is 2.30. The maximum absolute atomic E-state index is 15.2. The zero-order chi connectivity index (χ0) is 24.9. The van der Waals surface area contributed by atoms with Crippen molar-refractivity contribution in [1.29, 1.82) is 0 Å². The number of aryl methyl sites for hydroxylation is 1. The second-order valence-electron chi connectivity index (χ2n) is 12.0. The van der Waals surface area contributed by atoms with Crippen molar-refractivity contribution >= 4 is 5.57 Å². The smallest absolute Gasteiger partial charge is 0.130 e. The van der Waals surface area contributed by atoms with Crippen molar-refractivity contribution in [1.82, 2.24) is 0 Å². The van der Waals surface area contributed by atoms with Gasteiger partial charge in [0.1, 0.15) is 5.82 Å². The van der Waals surface area contributed by atoms with Crippen LogP contribution in [0, 0.1) is 23.6 Å². The Balaban J connectivity index is 1.14. The summed E-state index contributed by atoms with van der Waals surface area (Å²) in [7, 11) is 0. The molecule has 36 heavy (non-hydrogen) atoms. The molecule has 1 atom stereocenters. The molecule has 0 bridgehead atoms. The van der Waals surface area contributed by atoms with E-state index in [4.69, 9.17) is 0 Å². The Morgan fingerprint density at radius 3 is 2.08 bits per heavy atom. The van der Waals surface area contributed by atoms with Crippen LogP contribution in [-0.2, 0) is 6.42 Å². The average Bonchev–Trinajstić information content (AvgIpc) is 2.94. The van der Waals surface area contributed by atoms with Crippen molar-refractivity contribution in [2.75, 3.05) is 0 Å². The van der Waals surface area contributed by atoms with Gasteiger partial charge in [-0.25, -0.2) is 4.39 Å². The molecule has 0 nitrogen and oxygen atoms in total. The number of hydrogen-bond donors (Lipinski definition) is 0. The van der Waals surface area contributed by atoms with Crippen molar-refractivity contribution in [3.8, 4) is 0 Å². The minimum Gasteiger partial charge on any atom is -0.206 e. The average molecular weight is 485 g/mol. The Labute approximate surface area is 219 Å². The predicted octanol–water partition coefficient (Wildman–Crippen LogP) is 10.4. The SMILES string of the molecule is C=CC1CCC(c2ccc(C3=CCC(C4CCC(c5ccc(CCC)cc5)CC4)CC3)c(F)c2)CC1. The van der Waals surface area contributed by atoms with E-state index in [1.54, 1.807) is 5.56 Å². The molecule has 3 aliphatic rings. The van der Waals surface area contributed by atoms with Crippen LogP contribution in [0.25, 0.3) is 5.57 Å². The first-order chi connectivity index (χ1) is 17.6. The van der Waals surface area contributed by atoms with Gasteiger partial charge in [0, 0.05) is 5.56 Å². The minimum absolute atomic E-state index is 0.00601. The van der Waals surface area contributed by atoms with Crippen LogP contribution in [0.5, 0.6) is 0 Å². The highest BCUT2D eigenvalue weighted by Crippen LogP contribution is 2.44. The first kappa shape index (κ1) is 25.5. The Morgan fingerprint density at radius 2 is 1.47 bits per heavy atom. The number of halogens is 1. The van der Waals surface area contributed by atoms with Crippen molar-refractivity contribution in [2.45, 2.75) is 102 Å². The standard InChI is InChI=1S/C35H45F/c1-3-5-26-8-12-27(13-9-26)28-14-16-29(17-15-28)30-18-20-32(21-19-30)34-23-22-33(24-35(34)36)31-10-6-25(4-2)7-11-31/h4,8-9,12-13,20,22-25,28-31H,2-3,5-7,10-11,14-19,21H2,1H3. The van der Waals surface area contributed by atoms with Crippen molar-refractivity contribution in [3.63, 3.8) is 0 Å². The summed E-state index contributed by atoms with van der Waals surface area (Å²) in [6.45, 7) is 6.20. The zero-order valence-corrected chi connectivity index (χ0v) is 22.4. The van der Waals surface area contributed by atoms with Gasteiger partial charge in [-0.3, -0.25) is 0 Å². The molecule has 1 unspecified atom stereocenters. The van der Waals surface area contributed by atoms with E-state index in [-0.39, 0.29) is 5.82 Å². The van der Waals surface area contributed by atoms with Crippen LogP contribution >= 0.6 is 0 Å². The molecule has 2 fully saturated rings. The second kappa shape index (κ2) is 11.9. The van der Waals surface area contributed by atoms with Crippen molar-refractivity contribution in [3.05, 3.63) is 89.3 Å². The summed E-state index contributed by atoms with van der Waals surface area (Å²) in [4.78, 5) is 0. The highest BCUT2D eigenvalue weighted by atomic mass is 19.1. The fourth-order valence-corrected chi connectivity index (χ4v) is 7.43. The molecule has 0 radical (unpaired) electrons. The molecule has 0 saturated heterocycles. The molecule has 2 aromatic rings. The lowest BCUT2D eigenvalue weighted by molar-refractivity contribution is 0.220. The van der Waals surface area contributed by atoms with Gasteiger partial charge in [0.2, 0.25) is 0 Å². The van der Waals surface area contributed by atoms with Gasteiger partial charge in [-0.05, 0) is 135 Å². The van der Waals surface area contributed by atoms with Crippen molar-refractivity contribution < 1.29 is 4.39 Å². The van der Waals surface area contributed by atoms with Gasteiger partial charge >= 0.3 is 0 Å². The summed E-state index contributed by atoms with van der Waals surface area (Å²) in [6.07, 6.45) is 20.3. The lowest BCUT2D eigenvalue weighted by atomic mass is 9.70. The van der Waals surface area contributed by atoms with E-state index >= 15 is 4.39 Å². The largest absolute Gasteiger partial charge is 0.206 e. The molecule has 0 aliphatic heterocycles. The molecular formula is C35H45F. The molecule has 192 valence electrons. The highest BCUT2D eigenvalue weighted by molar-refractivity contribution is 5.67. The van der Waals surface area contributed by atoms with Gasteiger partial charge in [-0.15, -0.1) is 6.58 Å². The second-order valence-corrected chi connectivity index (χ2v) is 12.0. The predicted molar refractivity (Wildman–Crippen MR) is 152 cm³/mol. The van der Waals surface area contributed by atoms with Crippen LogP contribution in [0.15, 0.2) is 61.2 Å². The number of allylic oxidation sites excluding steroid dienone is 3. The van der Waals surface area contributed by atoms with Crippen LogP contribution in [-0.4, -0.2) is 0 Å². The fourth-order valence-electron chi connectivity index (χ4n) is 7.43. The molecule has 1 heteroatoms. The third-order valence-electron chi connectivity index (χ3n) is 9.80. The molecule has 0 amide bonds. The maximum atomic E-state index is 15.2. The number of rotatable bonds is 7. The molecule has 0 heterocycles. The van der Waals surface area contributed by atoms with Crippen LogP contribution in [0.2, 0.25) is 0 Å². The van der Waals surface area contributed by atoms with Crippen LogP contribution in [0.4, 0.5) is 4.39 Å². The monoisotopic (exact) mass is 484 g/mol. The minimum atomic E-state index is -0.00601. The first-order valence-corrected chi connectivity index (χ1v) is 14.8. The summed E-state index contributed by atoms with van der Waals surface area (Å²) < 4.78 is 15.2. The van der Waals surface area contributed by atoms with E-state index in [1.165, 1.54) is 74.5 Å². The molecule has 0 N–H and O–H groups in total.